The van der Waals surface area contributed by atoms with E-state index in [1.165, 1.54) is 22.5 Å². The molecule has 1 atom stereocenters. The van der Waals surface area contributed by atoms with Crippen molar-refractivity contribution in [2.75, 3.05) is 26.7 Å². The molecule has 4 rings (SSSR count). The number of esters is 1. The number of nitrogens with one attached hydrogen (secondary N) is 1. The topological polar surface area (TPSA) is 95.9 Å². The minimum atomic E-state index is -3.81. The molecule has 42 heavy (non-hydrogen) atoms. The van der Waals surface area contributed by atoms with Gasteiger partial charge in [-0.15, -0.1) is 0 Å². The Labute approximate surface area is 251 Å². The van der Waals surface area contributed by atoms with Gasteiger partial charge >= 0.3 is 5.97 Å². The van der Waals surface area contributed by atoms with Crippen LogP contribution >= 0.6 is 0 Å². The molecule has 0 heterocycles. The van der Waals surface area contributed by atoms with E-state index >= 15 is 0 Å². The lowest BCUT2D eigenvalue weighted by Gasteiger charge is -2.31. The summed E-state index contributed by atoms with van der Waals surface area (Å²) in [6.45, 7) is 6.73. The van der Waals surface area contributed by atoms with E-state index in [1.807, 2.05) is 30.3 Å². The van der Waals surface area contributed by atoms with E-state index in [4.69, 9.17) is 4.74 Å². The number of carbonyl (C=O) groups excluding carboxylic acids is 1. The molecular weight excluding hydrogens is 548 g/mol. The summed E-state index contributed by atoms with van der Waals surface area (Å²) in [4.78, 5) is 11.8. The van der Waals surface area contributed by atoms with Crippen LogP contribution in [0.4, 0.5) is 0 Å². The lowest BCUT2D eigenvalue weighted by atomic mass is 9.88. The quantitative estimate of drug-likeness (QED) is 0.256. The third-order valence-corrected chi connectivity index (χ3v) is 9.79. The predicted octanol–water partition coefficient (Wildman–Crippen LogP) is 5.00. The number of β-amino-alcohol motifs (C(OH)–C–C–N with tert-alkyl or cyclic N) is 1. The second-order valence-corrected chi connectivity index (χ2v) is 14.0. The Morgan fingerprint density at radius 1 is 1.02 bits per heavy atom. The van der Waals surface area contributed by atoms with E-state index in [9.17, 15) is 18.3 Å². The number of aliphatic hydroxyl groups excluding tert-OH is 1. The molecule has 0 spiro atoms. The molecule has 0 radical (unpaired) electrons. The van der Waals surface area contributed by atoms with Gasteiger partial charge in [0.2, 0.25) is 10.0 Å². The second kappa shape index (κ2) is 14.0. The summed E-state index contributed by atoms with van der Waals surface area (Å²) in [7, 11) is -2.30. The minimum absolute atomic E-state index is 0.0142. The van der Waals surface area contributed by atoms with Crippen molar-refractivity contribution in [1.82, 2.24) is 9.62 Å². The Morgan fingerprint density at radius 2 is 1.69 bits per heavy atom. The van der Waals surface area contributed by atoms with Crippen molar-refractivity contribution in [3.63, 3.8) is 0 Å². The third kappa shape index (κ3) is 8.51. The zero-order valence-corrected chi connectivity index (χ0v) is 26.0. The van der Waals surface area contributed by atoms with Crippen LogP contribution in [0.15, 0.2) is 77.7 Å². The van der Waals surface area contributed by atoms with E-state index < -0.39 is 16.1 Å². The van der Waals surface area contributed by atoms with Crippen LogP contribution in [0.5, 0.6) is 0 Å². The molecule has 3 aromatic carbocycles. The maximum Gasteiger partial charge on any atom is 0.306 e. The first-order valence-electron chi connectivity index (χ1n) is 14.8. The van der Waals surface area contributed by atoms with Crippen LogP contribution in [0, 0.1) is 5.92 Å². The molecular formula is C34H44N2O5S. The normalized spacial score (nSPS) is 14.6. The number of aryl methyl sites for hydroxylation is 1. The predicted molar refractivity (Wildman–Crippen MR) is 167 cm³/mol. The molecule has 0 saturated carbocycles. The average Bonchev–Trinajstić information content (AvgIpc) is 3.37. The van der Waals surface area contributed by atoms with Gasteiger partial charge in [-0.25, -0.2) is 8.42 Å². The number of hydrogen-bond donors (Lipinski definition) is 2. The minimum Gasteiger partial charge on any atom is -0.466 e. The molecule has 3 aromatic rings. The van der Waals surface area contributed by atoms with Gasteiger partial charge in [0.15, 0.2) is 0 Å². The molecule has 2 N–H and O–H groups in total. The molecule has 0 unspecified atom stereocenters. The fourth-order valence-corrected chi connectivity index (χ4v) is 7.06. The molecule has 0 saturated heterocycles. The van der Waals surface area contributed by atoms with Gasteiger partial charge in [0.05, 0.1) is 17.6 Å². The summed E-state index contributed by atoms with van der Waals surface area (Å²) in [6.07, 6.45) is 3.17. The number of nitrogens with zero attached hydrogens (tertiary/aromatic N) is 1. The zero-order valence-electron chi connectivity index (χ0n) is 25.2. The Bertz CT molecular complexity index is 1430. The van der Waals surface area contributed by atoms with Crippen LogP contribution in [0.2, 0.25) is 0 Å². The molecule has 0 aliphatic heterocycles. The number of ether oxygens (including phenoxy) is 1. The molecule has 7 nitrogen and oxygen atoms in total. The molecule has 8 heteroatoms. The third-order valence-electron chi connectivity index (χ3n) is 7.97. The van der Waals surface area contributed by atoms with Crippen LogP contribution in [-0.4, -0.2) is 62.2 Å². The number of benzene rings is 3. The summed E-state index contributed by atoms with van der Waals surface area (Å²) in [5.74, 6) is 0.335. The van der Waals surface area contributed by atoms with Crippen molar-refractivity contribution >= 4 is 16.0 Å². The zero-order chi connectivity index (χ0) is 30.3. The van der Waals surface area contributed by atoms with Gasteiger partial charge in [-0.1, -0.05) is 60.7 Å². The van der Waals surface area contributed by atoms with Gasteiger partial charge in [-0.05, 0) is 92.3 Å². The summed E-state index contributed by atoms with van der Waals surface area (Å²) in [5.41, 5.74) is 5.34. The largest absolute Gasteiger partial charge is 0.466 e. The Kier molecular flexibility index (Phi) is 10.6. The highest BCUT2D eigenvalue weighted by Gasteiger charge is 2.29. The van der Waals surface area contributed by atoms with E-state index in [-0.39, 0.29) is 22.9 Å². The van der Waals surface area contributed by atoms with Crippen LogP contribution in [0.1, 0.15) is 50.3 Å². The molecule has 1 aliphatic rings. The number of likely N-dealkylation sites (N-methyl/N-ethyl adjacent to an activating group) is 1. The summed E-state index contributed by atoms with van der Waals surface area (Å²) in [6, 6.07) is 23.2. The SMILES string of the molecule is CCOC(=O)CCc1ccc(-c2cccc(S(=O)(=O)N(C)C[C@H](O)CNC(C)(C)CC3Cc4ccccc4C3)c2)cc1. The molecule has 0 aromatic heterocycles. The van der Waals surface area contributed by atoms with Crippen molar-refractivity contribution in [1.29, 1.82) is 0 Å². The molecule has 0 fully saturated rings. The van der Waals surface area contributed by atoms with Crippen LogP contribution in [0.25, 0.3) is 11.1 Å². The first-order chi connectivity index (χ1) is 20.0. The van der Waals surface area contributed by atoms with Crippen molar-refractivity contribution < 1.29 is 23.1 Å². The average molecular weight is 593 g/mol. The highest BCUT2D eigenvalue weighted by atomic mass is 32.2. The Morgan fingerprint density at radius 3 is 2.33 bits per heavy atom. The Hall–Kier alpha value is -3.04. The van der Waals surface area contributed by atoms with E-state index in [0.717, 1.165) is 36.0 Å². The second-order valence-electron chi connectivity index (χ2n) is 12.0. The van der Waals surface area contributed by atoms with Gasteiger partial charge in [0, 0.05) is 32.1 Å². The van der Waals surface area contributed by atoms with Gasteiger partial charge < -0.3 is 15.2 Å². The first-order valence-corrected chi connectivity index (χ1v) is 16.2. The molecule has 0 amide bonds. The maximum atomic E-state index is 13.4. The highest BCUT2D eigenvalue weighted by molar-refractivity contribution is 7.89. The van der Waals surface area contributed by atoms with Gasteiger partial charge in [0.25, 0.3) is 0 Å². The van der Waals surface area contributed by atoms with Crippen molar-refractivity contribution in [3.05, 3.63) is 89.5 Å². The number of fused-ring (bicyclic) bond motifs is 1. The van der Waals surface area contributed by atoms with Crippen molar-refractivity contribution in [2.45, 2.75) is 69.4 Å². The number of aliphatic hydroxyl groups is 1. The monoisotopic (exact) mass is 592 g/mol. The lowest BCUT2D eigenvalue weighted by molar-refractivity contribution is -0.143. The van der Waals surface area contributed by atoms with Gasteiger partial charge in [-0.3, -0.25) is 4.79 Å². The fraction of sp³-hybridized carbons (Fsp3) is 0.441. The highest BCUT2D eigenvalue weighted by Crippen LogP contribution is 2.32. The number of carbonyl (C=O) groups is 1. The van der Waals surface area contributed by atoms with Crippen LogP contribution in [0.3, 0.4) is 0 Å². The van der Waals surface area contributed by atoms with Gasteiger partial charge in [-0.2, -0.15) is 4.31 Å². The smallest absolute Gasteiger partial charge is 0.306 e. The number of hydrogen-bond acceptors (Lipinski definition) is 6. The lowest BCUT2D eigenvalue weighted by Crippen LogP contribution is -2.47. The standard InChI is InChI=1S/C34H44N2O5S/c1-5-41-33(38)18-15-25-13-16-27(17-14-25)30-11-8-12-32(21-30)42(39,40)36(4)24-31(37)23-35-34(2,3)22-26-19-28-9-6-7-10-29(28)20-26/h6-14,16-17,21,26,31,35,37H,5,15,18-20,22-24H2,1-4H3/t31-/m1/s1. The van der Waals surface area contributed by atoms with Crippen molar-refractivity contribution in [2.24, 2.45) is 5.92 Å². The van der Waals surface area contributed by atoms with Crippen LogP contribution < -0.4 is 5.32 Å². The van der Waals surface area contributed by atoms with E-state index in [2.05, 4.69) is 43.4 Å². The molecule has 1 aliphatic carbocycles. The fourth-order valence-electron chi connectivity index (χ4n) is 5.80. The van der Waals surface area contributed by atoms with Gasteiger partial charge in [0.1, 0.15) is 0 Å². The summed E-state index contributed by atoms with van der Waals surface area (Å²) in [5, 5.41) is 14.2. The van der Waals surface area contributed by atoms with E-state index in [1.54, 1.807) is 25.1 Å². The summed E-state index contributed by atoms with van der Waals surface area (Å²) < 4.78 is 33.0. The molecule has 226 valence electrons. The number of rotatable bonds is 14. The number of sulfonamides is 1. The van der Waals surface area contributed by atoms with Crippen molar-refractivity contribution in [3.8, 4) is 11.1 Å². The Balaban J connectivity index is 1.30. The maximum absolute atomic E-state index is 13.4. The summed E-state index contributed by atoms with van der Waals surface area (Å²) >= 11 is 0. The van der Waals surface area contributed by atoms with E-state index in [0.29, 0.717) is 31.9 Å². The molecule has 0 bridgehead atoms. The first kappa shape index (κ1) is 31.9. The van der Waals surface area contributed by atoms with Crippen LogP contribution in [-0.2, 0) is 38.8 Å².